The molecule has 0 aliphatic heterocycles. The van der Waals surface area contributed by atoms with Crippen molar-refractivity contribution in [2.75, 3.05) is 26.4 Å². The number of anilines is 1. The van der Waals surface area contributed by atoms with Gasteiger partial charge in [0.15, 0.2) is 0 Å². The monoisotopic (exact) mass is 289 g/mol. The number of halogens is 2. The predicted molar refractivity (Wildman–Crippen MR) is 71.9 cm³/mol. The molecule has 0 heterocycles. The number of nitrogens with one attached hydrogen (secondary N) is 1. The summed E-state index contributed by atoms with van der Waals surface area (Å²) >= 11 is 11.6. The number of rotatable bonds is 3. The second-order valence-corrected chi connectivity index (χ2v) is 4.62. The molecule has 0 saturated heterocycles. The SMILES string of the molecule is CN(C)C(=O)CNC(=O)c1cc(N)c(Cl)c(Cl)c1. The minimum absolute atomic E-state index is 0.0913. The van der Waals surface area contributed by atoms with E-state index in [1.807, 2.05) is 0 Å². The Kier molecular flexibility index (Phi) is 4.81. The number of likely N-dealkylation sites (N-methyl/N-ethyl adjacent to an activating group) is 1. The maximum absolute atomic E-state index is 11.7. The van der Waals surface area contributed by atoms with Crippen molar-refractivity contribution >= 4 is 40.7 Å². The van der Waals surface area contributed by atoms with Gasteiger partial charge in [-0.3, -0.25) is 9.59 Å². The first-order valence-corrected chi connectivity index (χ1v) is 5.81. The average molecular weight is 290 g/mol. The third kappa shape index (κ3) is 3.51. The molecule has 98 valence electrons. The molecule has 0 aliphatic carbocycles. The minimum Gasteiger partial charge on any atom is -0.397 e. The molecule has 0 saturated carbocycles. The highest BCUT2D eigenvalue weighted by Crippen LogP contribution is 2.29. The molecule has 3 N–H and O–H groups in total. The summed E-state index contributed by atoms with van der Waals surface area (Å²) in [5, 5.41) is 2.87. The molecule has 0 radical (unpaired) electrons. The van der Waals surface area contributed by atoms with E-state index in [2.05, 4.69) is 5.32 Å². The first-order chi connectivity index (χ1) is 8.32. The van der Waals surface area contributed by atoms with E-state index in [9.17, 15) is 9.59 Å². The Morgan fingerprint density at radius 2 is 1.94 bits per heavy atom. The second-order valence-electron chi connectivity index (χ2n) is 3.83. The van der Waals surface area contributed by atoms with E-state index < -0.39 is 5.91 Å². The number of carbonyl (C=O) groups excluding carboxylic acids is 2. The highest BCUT2D eigenvalue weighted by atomic mass is 35.5. The molecular weight excluding hydrogens is 277 g/mol. The fourth-order valence-electron chi connectivity index (χ4n) is 1.16. The summed E-state index contributed by atoms with van der Waals surface area (Å²) in [6.45, 7) is -0.0913. The lowest BCUT2D eigenvalue weighted by molar-refractivity contribution is -0.127. The van der Waals surface area contributed by atoms with E-state index >= 15 is 0 Å². The van der Waals surface area contributed by atoms with Gasteiger partial charge in [-0.15, -0.1) is 0 Å². The Morgan fingerprint density at radius 1 is 1.33 bits per heavy atom. The van der Waals surface area contributed by atoms with Crippen LogP contribution in [0, 0.1) is 0 Å². The standard InChI is InChI=1S/C11H13Cl2N3O2/c1-16(2)9(17)5-15-11(18)6-3-7(12)10(13)8(14)4-6/h3-4H,5,14H2,1-2H3,(H,15,18). The molecule has 0 aliphatic rings. The van der Waals surface area contributed by atoms with Crippen LogP contribution in [0.5, 0.6) is 0 Å². The van der Waals surface area contributed by atoms with Crippen LogP contribution in [0.25, 0.3) is 0 Å². The van der Waals surface area contributed by atoms with Crippen LogP contribution in [0.1, 0.15) is 10.4 Å². The van der Waals surface area contributed by atoms with Crippen LogP contribution in [0.4, 0.5) is 5.69 Å². The lowest BCUT2D eigenvalue weighted by Crippen LogP contribution is -2.36. The van der Waals surface area contributed by atoms with E-state index in [0.717, 1.165) is 0 Å². The molecule has 1 aromatic rings. The molecule has 0 aromatic heterocycles. The van der Waals surface area contributed by atoms with Crippen LogP contribution >= 0.6 is 23.2 Å². The predicted octanol–water partition coefficient (Wildman–Crippen LogP) is 1.39. The van der Waals surface area contributed by atoms with Crippen LogP contribution in [-0.2, 0) is 4.79 Å². The first kappa shape index (κ1) is 14.6. The molecule has 2 amide bonds. The first-order valence-electron chi connectivity index (χ1n) is 5.05. The zero-order chi connectivity index (χ0) is 13.9. The zero-order valence-corrected chi connectivity index (χ0v) is 11.5. The van der Waals surface area contributed by atoms with Gasteiger partial charge in [-0.2, -0.15) is 0 Å². The number of hydrogen-bond acceptors (Lipinski definition) is 3. The number of nitrogen functional groups attached to an aromatic ring is 1. The van der Waals surface area contributed by atoms with Crippen molar-refractivity contribution in [2.45, 2.75) is 0 Å². The number of benzene rings is 1. The van der Waals surface area contributed by atoms with Gasteiger partial charge < -0.3 is 16.0 Å². The lowest BCUT2D eigenvalue weighted by atomic mass is 10.2. The zero-order valence-electron chi connectivity index (χ0n) is 9.96. The molecule has 1 aromatic carbocycles. The highest BCUT2D eigenvalue weighted by Gasteiger charge is 2.12. The van der Waals surface area contributed by atoms with Gasteiger partial charge in [0.05, 0.1) is 22.3 Å². The molecular formula is C11H13Cl2N3O2. The molecule has 1 rings (SSSR count). The summed E-state index contributed by atoms with van der Waals surface area (Å²) in [5.41, 5.74) is 6.07. The summed E-state index contributed by atoms with van der Waals surface area (Å²) in [4.78, 5) is 24.4. The Bertz CT molecular complexity index is 466. The van der Waals surface area contributed by atoms with E-state index in [0.29, 0.717) is 0 Å². The number of nitrogens with two attached hydrogens (primary N) is 1. The Morgan fingerprint density at radius 3 is 2.44 bits per heavy atom. The van der Waals surface area contributed by atoms with Gasteiger partial charge in [0, 0.05) is 19.7 Å². The lowest BCUT2D eigenvalue weighted by Gasteiger charge is -2.11. The minimum atomic E-state index is -0.435. The molecule has 5 nitrogen and oxygen atoms in total. The molecule has 0 unspecified atom stereocenters. The normalized spacial score (nSPS) is 10.0. The van der Waals surface area contributed by atoms with Crippen LogP contribution in [-0.4, -0.2) is 37.4 Å². The summed E-state index contributed by atoms with van der Waals surface area (Å²) in [7, 11) is 3.21. The maximum Gasteiger partial charge on any atom is 0.251 e. The number of carbonyl (C=O) groups is 2. The third-order valence-electron chi connectivity index (χ3n) is 2.22. The van der Waals surface area contributed by atoms with Crippen molar-refractivity contribution < 1.29 is 9.59 Å². The summed E-state index contributed by atoms with van der Waals surface area (Å²) in [5.74, 6) is -0.646. The van der Waals surface area contributed by atoms with Crippen LogP contribution in [0.15, 0.2) is 12.1 Å². The van der Waals surface area contributed by atoms with Crippen molar-refractivity contribution in [3.63, 3.8) is 0 Å². The van der Waals surface area contributed by atoms with Gasteiger partial charge in [-0.25, -0.2) is 0 Å². The van der Waals surface area contributed by atoms with Crippen LogP contribution < -0.4 is 11.1 Å². The summed E-state index contributed by atoms with van der Waals surface area (Å²) in [6.07, 6.45) is 0. The third-order valence-corrected chi connectivity index (χ3v) is 3.03. The largest absolute Gasteiger partial charge is 0.397 e. The fourth-order valence-corrected chi connectivity index (χ4v) is 1.49. The summed E-state index contributed by atoms with van der Waals surface area (Å²) < 4.78 is 0. The number of nitrogens with zero attached hydrogens (tertiary/aromatic N) is 1. The summed E-state index contributed by atoms with van der Waals surface area (Å²) in [6, 6.07) is 2.80. The van der Waals surface area contributed by atoms with Crippen LogP contribution in [0.2, 0.25) is 10.0 Å². The molecule has 0 fully saturated rings. The highest BCUT2D eigenvalue weighted by molar-refractivity contribution is 6.43. The van der Waals surface area contributed by atoms with Gasteiger partial charge in [-0.1, -0.05) is 23.2 Å². The molecule has 7 heteroatoms. The quantitative estimate of drug-likeness (QED) is 0.826. The van der Waals surface area contributed by atoms with Crippen molar-refractivity contribution in [1.29, 1.82) is 0 Å². The molecule has 0 spiro atoms. The smallest absolute Gasteiger partial charge is 0.251 e. The average Bonchev–Trinajstić information content (AvgIpc) is 2.31. The van der Waals surface area contributed by atoms with Crippen LogP contribution in [0.3, 0.4) is 0 Å². The van der Waals surface area contributed by atoms with E-state index in [4.69, 9.17) is 28.9 Å². The van der Waals surface area contributed by atoms with Gasteiger partial charge in [0.2, 0.25) is 5.91 Å². The van der Waals surface area contributed by atoms with E-state index in [1.54, 1.807) is 14.1 Å². The maximum atomic E-state index is 11.7. The second kappa shape index (κ2) is 5.93. The van der Waals surface area contributed by atoms with Gasteiger partial charge in [0.1, 0.15) is 0 Å². The van der Waals surface area contributed by atoms with E-state index in [-0.39, 0.29) is 33.7 Å². The van der Waals surface area contributed by atoms with Gasteiger partial charge >= 0.3 is 0 Å². The van der Waals surface area contributed by atoms with Crippen molar-refractivity contribution in [3.8, 4) is 0 Å². The van der Waals surface area contributed by atoms with Crippen molar-refractivity contribution in [3.05, 3.63) is 27.7 Å². The number of hydrogen-bond donors (Lipinski definition) is 2. The molecule has 0 bridgehead atoms. The molecule has 0 atom stereocenters. The molecule has 18 heavy (non-hydrogen) atoms. The van der Waals surface area contributed by atoms with Gasteiger partial charge in [-0.05, 0) is 12.1 Å². The topological polar surface area (TPSA) is 75.4 Å². The van der Waals surface area contributed by atoms with Gasteiger partial charge in [0.25, 0.3) is 5.91 Å². The van der Waals surface area contributed by atoms with E-state index in [1.165, 1.54) is 17.0 Å². The van der Waals surface area contributed by atoms with Crippen molar-refractivity contribution in [1.82, 2.24) is 10.2 Å². The Hall–Kier alpha value is -1.46. The van der Waals surface area contributed by atoms with Crippen molar-refractivity contribution in [2.24, 2.45) is 0 Å². The fraction of sp³-hybridized carbons (Fsp3) is 0.273. The Labute approximate surface area is 115 Å². The Balaban J connectivity index is 2.77. The number of amides is 2.